The van der Waals surface area contributed by atoms with Crippen molar-refractivity contribution in [2.45, 2.75) is 12.6 Å². The Morgan fingerprint density at radius 3 is 2.93 bits per heavy atom. The second-order valence-electron chi connectivity index (χ2n) is 3.74. The second-order valence-corrected chi connectivity index (χ2v) is 3.74. The Balaban J connectivity index is 1.95. The zero-order valence-electron chi connectivity index (χ0n) is 8.20. The molecule has 1 aliphatic rings. The molecule has 2 heterocycles. The second kappa shape index (κ2) is 4.02. The molecule has 1 fully saturated rings. The number of hydrogen-bond acceptors (Lipinski definition) is 3. The Labute approximate surface area is 82.9 Å². The molecule has 0 spiro atoms. The van der Waals surface area contributed by atoms with Gasteiger partial charge in [-0.3, -0.25) is 9.88 Å². The van der Waals surface area contributed by atoms with Gasteiger partial charge in [0, 0.05) is 31.9 Å². The number of nitrogens with zero attached hydrogens (tertiary/aromatic N) is 2. The molecule has 0 amide bonds. The Hall–Kier alpha value is -1.00. The van der Waals surface area contributed by atoms with E-state index in [1.807, 2.05) is 0 Å². The van der Waals surface area contributed by atoms with Gasteiger partial charge in [0.1, 0.15) is 5.82 Å². The smallest absolute Gasteiger partial charge is 0.141 e. The van der Waals surface area contributed by atoms with Crippen LogP contribution in [0, 0.1) is 5.82 Å². The molecule has 14 heavy (non-hydrogen) atoms. The van der Waals surface area contributed by atoms with Crippen LogP contribution in [0.2, 0.25) is 0 Å². The van der Waals surface area contributed by atoms with Crippen LogP contribution in [0.5, 0.6) is 0 Å². The minimum absolute atomic E-state index is 0.261. The quantitative estimate of drug-likeness (QED) is 0.766. The molecule has 1 saturated heterocycles. The van der Waals surface area contributed by atoms with Crippen LogP contribution in [0.3, 0.4) is 0 Å². The van der Waals surface area contributed by atoms with Gasteiger partial charge in [0.2, 0.25) is 0 Å². The predicted molar refractivity (Wildman–Crippen MR) is 52.3 cm³/mol. The summed E-state index contributed by atoms with van der Waals surface area (Å²) in [6.45, 7) is 2.82. The van der Waals surface area contributed by atoms with E-state index < -0.39 is 0 Å². The summed E-state index contributed by atoms with van der Waals surface area (Å²) in [6.07, 6.45) is 2.94. The first-order chi connectivity index (χ1) is 6.75. The lowest BCUT2D eigenvalue weighted by molar-refractivity contribution is 0.173. The molecule has 0 atom stereocenters. The zero-order chi connectivity index (χ0) is 9.97. The van der Waals surface area contributed by atoms with Crippen molar-refractivity contribution >= 4 is 0 Å². The van der Waals surface area contributed by atoms with Gasteiger partial charge >= 0.3 is 0 Å². The van der Waals surface area contributed by atoms with Crippen molar-refractivity contribution in [3.05, 3.63) is 29.8 Å². The van der Waals surface area contributed by atoms with E-state index in [9.17, 15) is 4.39 Å². The van der Waals surface area contributed by atoms with Gasteiger partial charge in [-0.2, -0.15) is 0 Å². The van der Waals surface area contributed by atoms with Gasteiger partial charge in [0.25, 0.3) is 0 Å². The number of pyridine rings is 1. The Morgan fingerprint density at radius 1 is 1.57 bits per heavy atom. The molecule has 1 N–H and O–H groups in total. The van der Waals surface area contributed by atoms with Gasteiger partial charge in [-0.05, 0) is 18.7 Å². The molecule has 0 aliphatic carbocycles. The maximum absolute atomic E-state index is 12.8. The molecule has 1 aliphatic heterocycles. The average Bonchev–Trinajstić information content (AvgIpc) is 1.99. The fourth-order valence-corrected chi connectivity index (χ4v) is 1.54. The van der Waals surface area contributed by atoms with E-state index in [-0.39, 0.29) is 5.82 Å². The first kappa shape index (κ1) is 9.55. The molecule has 0 bridgehead atoms. The third-order valence-corrected chi connectivity index (χ3v) is 2.58. The molecule has 0 unspecified atom stereocenters. The fourth-order valence-electron chi connectivity index (χ4n) is 1.54. The highest BCUT2D eigenvalue weighted by molar-refractivity contribution is 5.10. The van der Waals surface area contributed by atoms with E-state index in [1.54, 1.807) is 6.20 Å². The van der Waals surface area contributed by atoms with Crippen molar-refractivity contribution in [2.24, 2.45) is 0 Å². The normalized spacial score (nSPS) is 17.1. The Morgan fingerprint density at radius 2 is 2.36 bits per heavy atom. The van der Waals surface area contributed by atoms with Crippen LogP contribution in [0.1, 0.15) is 5.56 Å². The molecule has 2 rings (SSSR count). The standard InChI is InChI=1S/C10H14FN3/c1-14(10-5-13-6-10)7-8-2-9(11)4-12-3-8/h2-4,10,13H,5-7H2,1H3. The minimum atomic E-state index is -0.261. The molecule has 0 aromatic carbocycles. The highest BCUT2D eigenvalue weighted by Gasteiger charge is 2.21. The molecule has 4 heteroatoms. The molecule has 1 aromatic rings. The van der Waals surface area contributed by atoms with Gasteiger partial charge in [-0.15, -0.1) is 0 Å². The van der Waals surface area contributed by atoms with Crippen LogP contribution < -0.4 is 5.32 Å². The lowest BCUT2D eigenvalue weighted by Gasteiger charge is -2.35. The first-order valence-corrected chi connectivity index (χ1v) is 4.76. The van der Waals surface area contributed by atoms with Crippen LogP contribution in [0.25, 0.3) is 0 Å². The first-order valence-electron chi connectivity index (χ1n) is 4.76. The molecule has 76 valence electrons. The van der Waals surface area contributed by atoms with Crippen LogP contribution in [-0.4, -0.2) is 36.1 Å². The Bertz CT molecular complexity index is 312. The van der Waals surface area contributed by atoms with Gasteiger partial charge in [0.15, 0.2) is 0 Å². The monoisotopic (exact) mass is 195 g/mol. The van der Waals surface area contributed by atoms with Gasteiger partial charge < -0.3 is 5.32 Å². The summed E-state index contributed by atoms with van der Waals surface area (Å²) in [7, 11) is 2.05. The summed E-state index contributed by atoms with van der Waals surface area (Å²) in [5.41, 5.74) is 0.930. The molecule has 0 radical (unpaired) electrons. The van der Waals surface area contributed by atoms with Gasteiger partial charge in [-0.25, -0.2) is 4.39 Å². The molecule has 0 saturated carbocycles. The average molecular weight is 195 g/mol. The lowest BCUT2D eigenvalue weighted by atomic mass is 10.1. The van der Waals surface area contributed by atoms with Gasteiger partial charge in [0.05, 0.1) is 6.20 Å². The highest BCUT2D eigenvalue weighted by Crippen LogP contribution is 2.08. The van der Waals surface area contributed by atoms with E-state index in [2.05, 4.69) is 22.2 Å². The van der Waals surface area contributed by atoms with Crippen LogP contribution in [-0.2, 0) is 6.54 Å². The minimum Gasteiger partial charge on any atom is -0.314 e. The summed E-state index contributed by atoms with van der Waals surface area (Å²) >= 11 is 0. The maximum Gasteiger partial charge on any atom is 0.141 e. The molecular formula is C10H14FN3. The van der Waals surface area contributed by atoms with Crippen molar-refractivity contribution in [1.29, 1.82) is 0 Å². The maximum atomic E-state index is 12.8. The van der Waals surface area contributed by atoms with Crippen molar-refractivity contribution < 1.29 is 4.39 Å². The van der Waals surface area contributed by atoms with E-state index in [4.69, 9.17) is 0 Å². The summed E-state index contributed by atoms with van der Waals surface area (Å²) in [6, 6.07) is 2.12. The number of hydrogen-bond donors (Lipinski definition) is 1. The van der Waals surface area contributed by atoms with E-state index in [1.165, 1.54) is 12.3 Å². The summed E-state index contributed by atoms with van der Waals surface area (Å²) in [5, 5.41) is 3.21. The van der Waals surface area contributed by atoms with Gasteiger partial charge in [-0.1, -0.05) is 0 Å². The summed E-state index contributed by atoms with van der Waals surface area (Å²) in [5.74, 6) is -0.261. The van der Waals surface area contributed by atoms with E-state index in [0.717, 1.165) is 25.2 Å². The predicted octanol–water partition coefficient (Wildman–Crippen LogP) is 0.624. The van der Waals surface area contributed by atoms with Crippen LogP contribution in [0.15, 0.2) is 18.5 Å². The lowest BCUT2D eigenvalue weighted by Crippen LogP contribution is -2.55. The van der Waals surface area contributed by atoms with Crippen molar-refractivity contribution in [1.82, 2.24) is 15.2 Å². The third kappa shape index (κ3) is 2.08. The van der Waals surface area contributed by atoms with E-state index >= 15 is 0 Å². The third-order valence-electron chi connectivity index (χ3n) is 2.58. The number of rotatable bonds is 3. The van der Waals surface area contributed by atoms with Crippen molar-refractivity contribution in [2.75, 3.05) is 20.1 Å². The van der Waals surface area contributed by atoms with Crippen LogP contribution in [0.4, 0.5) is 4.39 Å². The zero-order valence-corrected chi connectivity index (χ0v) is 8.20. The van der Waals surface area contributed by atoms with E-state index in [0.29, 0.717) is 6.04 Å². The topological polar surface area (TPSA) is 28.2 Å². The SMILES string of the molecule is CN(Cc1cncc(F)c1)C1CNC1. The molecular weight excluding hydrogens is 181 g/mol. The fraction of sp³-hybridized carbons (Fsp3) is 0.500. The number of halogens is 1. The van der Waals surface area contributed by atoms with Crippen LogP contribution >= 0.6 is 0 Å². The molecule has 3 nitrogen and oxygen atoms in total. The van der Waals surface area contributed by atoms with Crippen molar-refractivity contribution in [3.8, 4) is 0 Å². The highest BCUT2D eigenvalue weighted by atomic mass is 19.1. The summed E-state index contributed by atoms with van der Waals surface area (Å²) in [4.78, 5) is 6.04. The Kier molecular flexibility index (Phi) is 2.74. The number of nitrogens with one attached hydrogen (secondary N) is 1. The molecule has 1 aromatic heterocycles. The summed E-state index contributed by atoms with van der Waals surface area (Å²) < 4.78 is 12.8. The number of likely N-dealkylation sites (N-methyl/N-ethyl adjacent to an activating group) is 1. The number of aromatic nitrogens is 1. The van der Waals surface area contributed by atoms with Crippen molar-refractivity contribution in [3.63, 3.8) is 0 Å². The largest absolute Gasteiger partial charge is 0.314 e.